The third-order valence-electron chi connectivity index (χ3n) is 1.21. The van der Waals surface area contributed by atoms with Gasteiger partial charge in [0.15, 0.2) is 6.04 Å². The van der Waals surface area contributed by atoms with Gasteiger partial charge in [0, 0.05) is 0 Å². The Bertz CT molecular complexity index is 91.6. The van der Waals surface area contributed by atoms with Gasteiger partial charge in [-0.3, -0.25) is 0 Å². The molecule has 0 N–H and O–H groups in total. The molecule has 0 rings (SSSR count). The van der Waals surface area contributed by atoms with Crippen LogP contribution in [-0.2, 0) is 0 Å². The SMILES string of the molecule is CCCCC=CC[SiH](Br)Br. The third kappa shape index (κ3) is 8.92. The number of halogens is 2. The van der Waals surface area contributed by atoms with Crippen molar-refractivity contribution >= 4 is 36.6 Å². The molecule has 0 aromatic rings. The van der Waals surface area contributed by atoms with E-state index in [0.717, 1.165) is 0 Å². The summed E-state index contributed by atoms with van der Waals surface area (Å²) in [6.07, 6.45) is 8.43. The van der Waals surface area contributed by atoms with E-state index in [9.17, 15) is 0 Å². The lowest BCUT2D eigenvalue weighted by Gasteiger charge is -1.90. The summed E-state index contributed by atoms with van der Waals surface area (Å²) >= 11 is 7.10. The Morgan fingerprint density at radius 3 is 2.50 bits per heavy atom. The second kappa shape index (κ2) is 8.02. The number of unbranched alkanes of at least 4 members (excludes halogenated alkanes) is 2. The van der Waals surface area contributed by atoms with Gasteiger partial charge in [-0.25, -0.2) is 0 Å². The summed E-state index contributed by atoms with van der Waals surface area (Å²) in [4.78, 5) is 0. The summed E-state index contributed by atoms with van der Waals surface area (Å²) in [6, 6.07) is 0.528. The predicted molar refractivity (Wildman–Crippen MR) is 58.5 cm³/mol. The van der Waals surface area contributed by atoms with Crippen LogP contribution in [0, 0.1) is 0 Å². The lowest BCUT2D eigenvalue weighted by Crippen LogP contribution is -1.83. The Labute approximate surface area is 80.9 Å². The fraction of sp³-hybridized carbons (Fsp3) is 0.714. The van der Waals surface area contributed by atoms with Crippen molar-refractivity contribution in [3.8, 4) is 0 Å². The molecule has 0 unspecified atom stereocenters. The van der Waals surface area contributed by atoms with E-state index < -0.39 is 6.04 Å². The van der Waals surface area contributed by atoms with Crippen LogP contribution in [0.15, 0.2) is 12.2 Å². The van der Waals surface area contributed by atoms with E-state index in [0.29, 0.717) is 0 Å². The minimum atomic E-state index is -0.684. The Hall–Kier alpha value is 0.917. The number of rotatable bonds is 5. The maximum absolute atomic E-state index is 3.55. The first-order valence-corrected chi connectivity index (χ1v) is 10.9. The molecule has 0 nitrogen and oxygen atoms in total. The van der Waals surface area contributed by atoms with Gasteiger partial charge in [0.2, 0.25) is 0 Å². The molecule has 0 aromatic carbocycles. The van der Waals surface area contributed by atoms with E-state index in [1.165, 1.54) is 25.3 Å². The zero-order chi connectivity index (χ0) is 7.82. The van der Waals surface area contributed by atoms with Crippen molar-refractivity contribution in [2.45, 2.75) is 32.2 Å². The topological polar surface area (TPSA) is 0 Å². The molecule has 0 amide bonds. The van der Waals surface area contributed by atoms with Crippen molar-refractivity contribution in [1.29, 1.82) is 0 Å². The van der Waals surface area contributed by atoms with E-state index in [4.69, 9.17) is 0 Å². The molecule has 0 radical (unpaired) electrons. The fourth-order valence-corrected chi connectivity index (χ4v) is 2.33. The van der Waals surface area contributed by atoms with E-state index in [-0.39, 0.29) is 0 Å². The van der Waals surface area contributed by atoms with Crippen molar-refractivity contribution in [1.82, 2.24) is 0 Å². The van der Waals surface area contributed by atoms with Crippen molar-refractivity contribution in [3.05, 3.63) is 12.2 Å². The molecule has 0 heterocycles. The third-order valence-corrected chi connectivity index (χ3v) is 4.08. The Balaban J connectivity index is 3.04. The molecular weight excluding hydrogens is 272 g/mol. The van der Waals surface area contributed by atoms with Crippen LogP contribution in [0.25, 0.3) is 0 Å². The van der Waals surface area contributed by atoms with Crippen molar-refractivity contribution < 1.29 is 0 Å². The first-order valence-electron chi connectivity index (χ1n) is 3.70. The minimum Gasteiger partial charge on any atom is -0.115 e. The molecule has 0 aliphatic carbocycles. The van der Waals surface area contributed by atoms with Gasteiger partial charge in [0.1, 0.15) is 0 Å². The number of hydrogen-bond donors (Lipinski definition) is 0. The van der Waals surface area contributed by atoms with Crippen LogP contribution < -0.4 is 0 Å². The van der Waals surface area contributed by atoms with E-state index in [2.05, 4.69) is 49.7 Å². The lowest BCUT2D eigenvalue weighted by atomic mass is 10.2. The van der Waals surface area contributed by atoms with Gasteiger partial charge >= 0.3 is 0 Å². The molecule has 0 atom stereocenters. The summed E-state index contributed by atoms with van der Waals surface area (Å²) < 4.78 is 0. The normalized spacial score (nSPS) is 11.6. The fourth-order valence-electron chi connectivity index (χ4n) is 0.639. The number of allylic oxidation sites excluding steroid dienone is 2. The molecule has 0 fully saturated rings. The quantitative estimate of drug-likeness (QED) is 0.312. The maximum Gasteiger partial charge on any atom is 0.190 e. The van der Waals surface area contributed by atoms with Gasteiger partial charge in [0.25, 0.3) is 0 Å². The van der Waals surface area contributed by atoms with Gasteiger partial charge in [-0.15, -0.1) is 30.6 Å². The maximum atomic E-state index is 3.55. The van der Waals surface area contributed by atoms with Gasteiger partial charge in [0.05, 0.1) is 0 Å². The van der Waals surface area contributed by atoms with Gasteiger partial charge < -0.3 is 0 Å². The zero-order valence-electron chi connectivity index (χ0n) is 6.32. The molecule has 60 valence electrons. The molecule has 0 bridgehead atoms. The summed E-state index contributed by atoms with van der Waals surface area (Å²) in [5.41, 5.74) is 0. The minimum absolute atomic E-state index is 0.684. The summed E-state index contributed by atoms with van der Waals surface area (Å²) in [7, 11) is 0. The first-order chi connectivity index (χ1) is 4.77. The lowest BCUT2D eigenvalue weighted by molar-refractivity contribution is 0.814. The Morgan fingerprint density at radius 2 is 2.00 bits per heavy atom. The molecule has 0 saturated carbocycles. The average molecular weight is 286 g/mol. The van der Waals surface area contributed by atoms with Crippen LogP contribution in [0.5, 0.6) is 0 Å². The molecule has 10 heavy (non-hydrogen) atoms. The summed E-state index contributed by atoms with van der Waals surface area (Å²) in [6.45, 7) is 2.22. The zero-order valence-corrected chi connectivity index (χ0v) is 10.6. The monoisotopic (exact) mass is 284 g/mol. The largest absolute Gasteiger partial charge is 0.190 e. The smallest absolute Gasteiger partial charge is 0.115 e. The molecule has 3 heteroatoms. The van der Waals surface area contributed by atoms with E-state index in [1.807, 2.05) is 0 Å². The Morgan fingerprint density at radius 1 is 1.30 bits per heavy atom. The standard InChI is InChI=1S/C7H14Br2Si/c1-2-3-4-5-6-7-10(8)9/h5-6,10H,2-4,7H2,1H3. The van der Waals surface area contributed by atoms with E-state index in [1.54, 1.807) is 0 Å². The van der Waals surface area contributed by atoms with Crippen LogP contribution in [-0.4, -0.2) is 6.04 Å². The van der Waals surface area contributed by atoms with Crippen LogP contribution in [0.4, 0.5) is 0 Å². The van der Waals surface area contributed by atoms with Crippen molar-refractivity contribution in [2.75, 3.05) is 0 Å². The summed E-state index contributed by atoms with van der Waals surface area (Å²) in [5.74, 6) is 0. The van der Waals surface area contributed by atoms with Gasteiger partial charge in [-0.05, 0) is 12.5 Å². The highest BCUT2D eigenvalue weighted by molar-refractivity contribution is 9.49. The highest BCUT2D eigenvalue weighted by atomic mass is 79.9. The molecule has 0 aromatic heterocycles. The molecular formula is C7H14Br2Si. The number of hydrogen-bond acceptors (Lipinski definition) is 0. The second-order valence-corrected chi connectivity index (χ2v) is 13.8. The van der Waals surface area contributed by atoms with Gasteiger partial charge in [-0.2, -0.15) is 0 Å². The Kier molecular flexibility index (Phi) is 8.75. The predicted octanol–water partition coefficient (Wildman–Crippen LogP) is 3.74. The van der Waals surface area contributed by atoms with Crippen molar-refractivity contribution in [3.63, 3.8) is 0 Å². The first kappa shape index (κ1) is 10.9. The second-order valence-electron chi connectivity index (χ2n) is 2.24. The summed E-state index contributed by atoms with van der Waals surface area (Å²) in [5, 5.41) is 0. The molecule has 0 spiro atoms. The average Bonchev–Trinajstić information content (AvgIpc) is 1.87. The van der Waals surface area contributed by atoms with Crippen LogP contribution in [0.2, 0.25) is 6.04 Å². The molecule has 0 aliphatic heterocycles. The highest BCUT2D eigenvalue weighted by Gasteiger charge is 1.93. The van der Waals surface area contributed by atoms with Crippen LogP contribution in [0.3, 0.4) is 0 Å². The van der Waals surface area contributed by atoms with Gasteiger partial charge in [-0.1, -0.05) is 31.9 Å². The molecule has 0 saturated heterocycles. The molecule has 0 aliphatic rings. The van der Waals surface area contributed by atoms with Crippen LogP contribution >= 0.6 is 30.6 Å². The highest BCUT2D eigenvalue weighted by Crippen LogP contribution is 2.09. The van der Waals surface area contributed by atoms with Crippen LogP contribution in [0.1, 0.15) is 26.2 Å². The van der Waals surface area contributed by atoms with Crippen molar-refractivity contribution in [2.24, 2.45) is 0 Å². The van der Waals surface area contributed by atoms with E-state index >= 15 is 0 Å².